The molecule has 124 valence electrons. The van der Waals surface area contributed by atoms with Crippen molar-refractivity contribution in [3.63, 3.8) is 0 Å². The van der Waals surface area contributed by atoms with Crippen molar-refractivity contribution in [1.29, 1.82) is 0 Å². The van der Waals surface area contributed by atoms with Gasteiger partial charge < -0.3 is 9.47 Å². The molecule has 0 aliphatic heterocycles. The average molecular weight is 323 g/mol. The molecule has 0 spiro atoms. The van der Waals surface area contributed by atoms with E-state index in [1.807, 2.05) is 0 Å². The predicted octanol–water partition coefficient (Wildman–Crippen LogP) is 3.25. The number of halogens is 1. The van der Waals surface area contributed by atoms with Crippen molar-refractivity contribution in [2.75, 3.05) is 7.11 Å². The van der Waals surface area contributed by atoms with Crippen molar-refractivity contribution in [1.82, 2.24) is 0 Å². The molecule has 1 aromatic rings. The first-order chi connectivity index (χ1) is 11.0. The van der Waals surface area contributed by atoms with Crippen LogP contribution in [0.2, 0.25) is 0 Å². The van der Waals surface area contributed by atoms with E-state index in [1.165, 1.54) is 12.1 Å². The minimum absolute atomic E-state index is 0.0868. The number of hydrogen-bond acceptors (Lipinski definition) is 5. The van der Waals surface area contributed by atoms with Crippen molar-refractivity contribution in [3.05, 3.63) is 45.8 Å². The van der Waals surface area contributed by atoms with Crippen molar-refractivity contribution in [2.24, 2.45) is 0 Å². The maximum atomic E-state index is 13.1. The average Bonchev–Trinajstić information content (AvgIpc) is 2.53. The minimum Gasteiger partial charge on any atom is -0.459 e. The van der Waals surface area contributed by atoms with E-state index < -0.39 is 22.4 Å². The lowest BCUT2D eigenvalue weighted by Crippen LogP contribution is -2.28. The smallest absolute Gasteiger partial charge is 0.331 e. The molecule has 1 aliphatic rings. The second-order valence-corrected chi connectivity index (χ2v) is 5.38. The lowest BCUT2D eigenvalue weighted by Gasteiger charge is -2.27. The summed E-state index contributed by atoms with van der Waals surface area (Å²) in [4.78, 5) is 22.0. The van der Waals surface area contributed by atoms with Crippen LogP contribution in [-0.2, 0) is 14.3 Å². The zero-order valence-electron chi connectivity index (χ0n) is 12.7. The monoisotopic (exact) mass is 323 g/mol. The molecule has 0 bridgehead atoms. The lowest BCUT2D eigenvalue weighted by atomic mass is 9.95. The van der Waals surface area contributed by atoms with Crippen LogP contribution in [0, 0.1) is 15.9 Å². The Hall–Kier alpha value is -2.28. The van der Waals surface area contributed by atoms with Crippen LogP contribution in [0.4, 0.5) is 10.1 Å². The second kappa shape index (κ2) is 7.82. The van der Waals surface area contributed by atoms with Crippen LogP contribution in [-0.4, -0.2) is 30.2 Å². The summed E-state index contributed by atoms with van der Waals surface area (Å²) in [5.41, 5.74) is -0.252. The molecule has 2 atom stereocenters. The summed E-state index contributed by atoms with van der Waals surface area (Å²) in [5.74, 6) is -1.28. The number of ether oxygens (including phenoxy) is 2. The molecule has 2 rings (SSSR count). The van der Waals surface area contributed by atoms with Gasteiger partial charge in [-0.15, -0.1) is 0 Å². The summed E-state index contributed by atoms with van der Waals surface area (Å²) < 4.78 is 23.6. The Kier molecular flexibility index (Phi) is 5.81. The van der Waals surface area contributed by atoms with E-state index in [9.17, 15) is 19.3 Å². The van der Waals surface area contributed by atoms with Gasteiger partial charge in [0.25, 0.3) is 5.69 Å². The van der Waals surface area contributed by atoms with Crippen LogP contribution >= 0.6 is 0 Å². The number of methoxy groups -OCH3 is 1. The van der Waals surface area contributed by atoms with Gasteiger partial charge in [-0.2, -0.15) is 0 Å². The van der Waals surface area contributed by atoms with E-state index in [0.29, 0.717) is 6.42 Å². The van der Waals surface area contributed by atoms with Crippen LogP contribution in [0.1, 0.15) is 31.2 Å². The third-order valence-electron chi connectivity index (χ3n) is 3.78. The van der Waals surface area contributed by atoms with Gasteiger partial charge in [-0.25, -0.2) is 9.18 Å². The zero-order valence-corrected chi connectivity index (χ0v) is 12.7. The normalized spacial score (nSPS) is 21.3. The van der Waals surface area contributed by atoms with Gasteiger partial charge in [-0.1, -0.05) is 0 Å². The van der Waals surface area contributed by atoms with E-state index in [1.54, 1.807) is 7.11 Å². The van der Waals surface area contributed by atoms with Crippen LogP contribution < -0.4 is 0 Å². The molecule has 6 nitrogen and oxygen atoms in total. The van der Waals surface area contributed by atoms with Gasteiger partial charge in [0.2, 0.25) is 0 Å². The highest BCUT2D eigenvalue weighted by atomic mass is 19.1. The topological polar surface area (TPSA) is 78.7 Å². The Morgan fingerprint density at radius 2 is 2.13 bits per heavy atom. The third-order valence-corrected chi connectivity index (χ3v) is 3.78. The molecule has 0 N–H and O–H groups in total. The van der Waals surface area contributed by atoms with E-state index in [4.69, 9.17) is 9.47 Å². The summed E-state index contributed by atoms with van der Waals surface area (Å²) in [6, 6.07) is 3.16. The fourth-order valence-corrected chi connectivity index (χ4v) is 2.60. The summed E-state index contributed by atoms with van der Waals surface area (Å²) >= 11 is 0. The number of benzene rings is 1. The molecule has 0 aromatic heterocycles. The van der Waals surface area contributed by atoms with E-state index in [-0.39, 0.29) is 17.8 Å². The Bertz CT molecular complexity index is 616. The zero-order chi connectivity index (χ0) is 16.8. The third kappa shape index (κ3) is 4.85. The summed E-state index contributed by atoms with van der Waals surface area (Å²) in [7, 11) is 1.63. The van der Waals surface area contributed by atoms with Gasteiger partial charge in [0.15, 0.2) is 0 Å². The van der Waals surface area contributed by atoms with Crippen LogP contribution in [0.15, 0.2) is 24.3 Å². The first-order valence-electron chi connectivity index (χ1n) is 7.35. The fraction of sp³-hybridized carbons (Fsp3) is 0.438. The lowest BCUT2D eigenvalue weighted by molar-refractivity contribution is -0.385. The largest absolute Gasteiger partial charge is 0.459 e. The second-order valence-electron chi connectivity index (χ2n) is 5.38. The molecule has 0 radical (unpaired) electrons. The molecule has 7 heteroatoms. The fourth-order valence-electron chi connectivity index (χ4n) is 2.60. The van der Waals surface area contributed by atoms with E-state index in [2.05, 4.69) is 0 Å². The molecule has 1 aromatic carbocycles. The number of nitro groups is 1. The molecule has 23 heavy (non-hydrogen) atoms. The standard InChI is InChI=1S/C16H18FNO5/c1-22-13-3-2-4-14(10-13)23-16(19)8-6-11-5-7-12(17)9-15(11)18(20)21/h5-9,13-14H,2-4,10H2,1H3/b8-6+/t13-,14+/m1/s1. The van der Waals surface area contributed by atoms with Crippen molar-refractivity contribution < 1.29 is 23.6 Å². The first kappa shape index (κ1) is 17.1. The quantitative estimate of drug-likeness (QED) is 0.360. The maximum Gasteiger partial charge on any atom is 0.331 e. The number of esters is 1. The molecule has 0 amide bonds. The molecule has 0 heterocycles. The summed E-state index contributed by atoms with van der Waals surface area (Å²) in [5, 5.41) is 10.9. The first-order valence-corrected chi connectivity index (χ1v) is 7.35. The molecule has 1 fully saturated rings. The van der Waals surface area contributed by atoms with Crippen molar-refractivity contribution in [2.45, 2.75) is 37.9 Å². The number of rotatable bonds is 5. The summed E-state index contributed by atoms with van der Waals surface area (Å²) in [6.45, 7) is 0. The number of nitrogens with zero attached hydrogens (tertiary/aromatic N) is 1. The van der Waals surface area contributed by atoms with Crippen LogP contribution in [0.25, 0.3) is 6.08 Å². The molecular formula is C16H18FNO5. The van der Waals surface area contributed by atoms with Crippen LogP contribution in [0.5, 0.6) is 0 Å². The maximum absolute atomic E-state index is 13.1. The van der Waals surface area contributed by atoms with Gasteiger partial charge in [0.05, 0.1) is 22.7 Å². The molecule has 0 unspecified atom stereocenters. The van der Waals surface area contributed by atoms with Gasteiger partial charge in [0, 0.05) is 19.6 Å². The molecule has 1 saturated carbocycles. The van der Waals surface area contributed by atoms with Crippen molar-refractivity contribution in [3.8, 4) is 0 Å². The Morgan fingerprint density at radius 3 is 2.83 bits per heavy atom. The van der Waals surface area contributed by atoms with Crippen LogP contribution in [0.3, 0.4) is 0 Å². The van der Waals surface area contributed by atoms with Gasteiger partial charge >= 0.3 is 5.97 Å². The molecule has 0 saturated heterocycles. The minimum atomic E-state index is -0.704. The van der Waals surface area contributed by atoms with E-state index >= 15 is 0 Å². The molecule has 1 aliphatic carbocycles. The Labute approximate surface area is 133 Å². The van der Waals surface area contributed by atoms with Gasteiger partial charge in [0.1, 0.15) is 11.9 Å². The number of carbonyl (C=O) groups excluding carboxylic acids is 1. The Balaban J connectivity index is 2.00. The number of carbonyl (C=O) groups is 1. The number of nitro benzene ring substituents is 1. The number of hydrogen-bond donors (Lipinski definition) is 0. The van der Waals surface area contributed by atoms with Gasteiger partial charge in [-0.05, 0) is 37.5 Å². The van der Waals surface area contributed by atoms with Crippen molar-refractivity contribution >= 4 is 17.7 Å². The molecular weight excluding hydrogens is 305 g/mol. The Morgan fingerprint density at radius 1 is 1.39 bits per heavy atom. The predicted molar refractivity (Wildman–Crippen MR) is 81.2 cm³/mol. The highest BCUT2D eigenvalue weighted by molar-refractivity contribution is 5.88. The highest BCUT2D eigenvalue weighted by Gasteiger charge is 2.24. The van der Waals surface area contributed by atoms with E-state index in [0.717, 1.165) is 37.5 Å². The SMILES string of the molecule is CO[C@@H]1CCC[C@H](OC(=O)/C=C/c2ccc(F)cc2[N+](=O)[O-])C1. The summed E-state index contributed by atoms with van der Waals surface area (Å²) in [6.07, 6.45) is 5.54. The highest BCUT2D eigenvalue weighted by Crippen LogP contribution is 2.24. The van der Waals surface area contributed by atoms with Gasteiger partial charge in [-0.3, -0.25) is 10.1 Å².